The molecule has 0 atom stereocenters. The molecule has 0 aromatic heterocycles. The summed E-state index contributed by atoms with van der Waals surface area (Å²) in [7, 11) is 0. The molecule has 2 nitrogen and oxygen atoms in total. The lowest BCUT2D eigenvalue weighted by atomic mass is 10.0. The first-order chi connectivity index (χ1) is 13.7. The number of hydrogen-bond donors (Lipinski definition) is 0. The summed E-state index contributed by atoms with van der Waals surface area (Å²) in [5.74, 6) is 5.36. The lowest BCUT2D eigenvalue weighted by molar-refractivity contribution is 0.0526. The molecule has 0 radical (unpaired) electrons. The van der Waals surface area contributed by atoms with Crippen LogP contribution in [0.5, 0.6) is 0 Å². The second kappa shape index (κ2) is 12.0. The van der Waals surface area contributed by atoms with Gasteiger partial charge in [-0.05, 0) is 48.7 Å². The zero-order chi connectivity index (χ0) is 20.2. The van der Waals surface area contributed by atoms with E-state index in [0.29, 0.717) is 17.7 Å². The molecule has 3 heteroatoms. The Labute approximate surface area is 168 Å². The van der Waals surface area contributed by atoms with Crippen LogP contribution < -0.4 is 0 Å². The number of carbonyl (C=O) groups excluding carboxylic acids is 1. The van der Waals surface area contributed by atoms with Crippen molar-refractivity contribution < 1.29 is 13.9 Å². The number of hydrogen-bond acceptors (Lipinski definition) is 2. The van der Waals surface area contributed by atoms with Crippen LogP contribution >= 0.6 is 0 Å². The van der Waals surface area contributed by atoms with Crippen molar-refractivity contribution in [2.45, 2.75) is 58.8 Å². The number of ether oxygens (including phenoxy) is 1. The maximum Gasteiger partial charge on any atom is 0.338 e. The fourth-order valence-electron chi connectivity index (χ4n) is 2.96. The van der Waals surface area contributed by atoms with Crippen LogP contribution in [-0.4, -0.2) is 12.6 Å². The van der Waals surface area contributed by atoms with Crippen LogP contribution in [0.25, 0.3) is 11.1 Å². The van der Waals surface area contributed by atoms with Crippen molar-refractivity contribution >= 4 is 5.97 Å². The van der Waals surface area contributed by atoms with Crippen molar-refractivity contribution in [1.29, 1.82) is 0 Å². The predicted molar refractivity (Wildman–Crippen MR) is 113 cm³/mol. The van der Waals surface area contributed by atoms with Crippen molar-refractivity contribution in [3.63, 3.8) is 0 Å². The fraction of sp³-hybridized carbons (Fsp3) is 0.400. The summed E-state index contributed by atoms with van der Waals surface area (Å²) in [6.07, 6.45) is 8.18. The van der Waals surface area contributed by atoms with E-state index in [1.54, 1.807) is 37.3 Å². The summed E-state index contributed by atoms with van der Waals surface area (Å²) in [6, 6.07) is 12.1. The molecule has 0 aliphatic carbocycles. The third kappa shape index (κ3) is 6.85. The van der Waals surface area contributed by atoms with Crippen LogP contribution in [-0.2, 0) is 4.74 Å². The van der Waals surface area contributed by atoms with Gasteiger partial charge in [-0.3, -0.25) is 0 Å². The maximum absolute atomic E-state index is 14.4. The number of unbranched alkanes of at least 4 members (excludes halogenated alkanes) is 6. The zero-order valence-corrected chi connectivity index (χ0v) is 16.9. The van der Waals surface area contributed by atoms with Crippen LogP contribution in [0.3, 0.4) is 0 Å². The predicted octanol–water partition coefficient (Wildman–Crippen LogP) is 6.77. The molecule has 148 valence electrons. The maximum atomic E-state index is 14.4. The SMILES string of the molecule is CCCCCCCCC#Cc1ccc(-c2ccc(C(=O)OCC)cc2)cc1F. The summed E-state index contributed by atoms with van der Waals surface area (Å²) < 4.78 is 19.4. The Kier molecular flexibility index (Phi) is 9.28. The Bertz CT molecular complexity index is 813. The summed E-state index contributed by atoms with van der Waals surface area (Å²) in [5, 5.41) is 0. The first kappa shape index (κ1) is 21.7. The van der Waals surface area contributed by atoms with Gasteiger partial charge in [0.05, 0.1) is 17.7 Å². The van der Waals surface area contributed by atoms with Crippen LogP contribution in [0.2, 0.25) is 0 Å². The molecule has 0 fully saturated rings. The van der Waals surface area contributed by atoms with E-state index in [0.717, 1.165) is 24.0 Å². The number of carbonyl (C=O) groups is 1. The zero-order valence-electron chi connectivity index (χ0n) is 16.9. The Morgan fingerprint density at radius 3 is 2.29 bits per heavy atom. The molecule has 0 aliphatic rings. The van der Waals surface area contributed by atoms with E-state index >= 15 is 0 Å². The minimum absolute atomic E-state index is 0.317. The lowest BCUT2D eigenvalue weighted by Crippen LogP contribution is -2.04. The molecule has 0 N–H and O–H groups in total. The van der Waals surface area contributed by atoms with E-state index in [-0.39, 0.29) is 11.8 Å². The largest absolute Gasteiger partial charge is 0.462 e. The van der Waals surface area contributed by atoms with Gasteiger partial charge in [-0.1, -0.05) is 69.1 Å². The van der Waals surface area contributed by atoms with Crippen molar-refractivity contribution in [3.8, 4) is 23.0 Å². The third-order valence-electron chi connectivity index (χ3n) is 4.58. The van der Waals surface area contributed by atoms with Crippen LogP contribution in [0.4, 0.5) is 4.39 Å². The summed E-state index contributed by atoms with van der Waals surface area (Å²) >= 11 is 0. The van der Waals surface area contributed by atoms with Crippen molar-refractivity contribution in [3.05, 3.63) is 59.4 Å². The average molecular weight is 381 g/mol. The molecule has 0 heterocycles. The van der Waals surface area contributed by atoms with E-state index < -0.39 is 0 Å². The van der Waals surface area contributed by atoms with E-state index in [9.17, 15) is 9.18 Å². The molecule has 0 amide bonds. The lowest BCUT2D eigenvalue weighted by Gasteiger charge is -2.05. The Balaban J connectivity index is 1.93. The van der Waals surface area contributed by atoms with E-state index in [1.165, 1.54) is 38.2 Å². The summed E-state index contributed by atoms with van der Waals surface area (Å²) in [5.41, 5.74) is 2.52. The highest BCUT2D eigenvalue weighted by atomic mass is 19.1. The minimum atomic E-state index is -0.351. The highest BCUT2D eigenvalue weighted by Gasteiger charge is 2.08. The summed E-state index contributed by atoms with van der Waals surface area (Å²) in [4.78, 5) is 11.7. The van der Waals surface area contributed by atoms with E-state index in [1.807, 2.05) is 6.07 Å². The van der Waals surface area contributed by atoms with Gasteiger partial charge >= 0.3 is 5.97 Å². The average Bonchev–Trinajstić information content (AvgIpc) is 2.71. The smallest absolute Gasteiger partial charge is 0.338 e. The van der Waals surface area contributed by atoms with Crippen LogP contribution in [0, 0.1) is 17.7 Å². The summed E-state index contributed by atoms with van der Waals surface area (Å²) in [6.45, 7) is 4.32. The molecule has 2 aromatic rings. The third-order valence-corrected chi connectivity index (χ3v) is 4.58. The molecular weight excluding hydrogens is 351 g/mol. The van der Waals surface area contributed by atoms with E-state index in [4.69, 9.17) is 4.74 Å². The Morgan fingerprint density at radius 1 is 0.929 bits per heavy atom. The monoisotopic (exact) mass is 380 g/mol. The number of rotatable bonds is 9. The normalized spacial score (nSPS) is 10.2. The van der Waals surface area contributed by atoms with E-state index in [2.05, 4.69) is 18.8 Å². The molecule has 0 saturated carbocycles. The molecule has 28 heavy (non-hydrogen) atoms. The standard InChI is InChI=1S/C25H29FO2/c1-3-5-6-7-8-9-10-11-12-21-15-18-23(19-24(21)26)20-13-16-22(17-14-20)25(27)28-4-2/h13-19H,3-10H2,1-2H3. The van der Waals surface area contributed by atoms with Gasteiger partial charge in [-0.2, -0.15) is 0 Å². The molecule has 2 rings (SSSR count). The Hall–Kier alpha value is -2.60. The second-order valence-corrected chi connectivity index (χ2v) is 6.81. The highest BCUT2D eigenvalue weighted by molar-refractivity contribution is 5.90. The highest BCUT2D eigenvalue weighted by Crippen LogP contribution is 2.22. The van der Waals surface area contributed by atoms with Gasteiger partial charge < -0.3 is 4.74 Å². The molecule has 2 aromatic carbocycles. The minimum Gasteiger partial charge on any atom is -0.462 e. The first-order valence-electron chi connectivity index (χ1n) is 10.2. The molecule has 0 aliphatic heterocycles. The van der Waals surface area contributed by atoms with Gasteiger partial charge in [0.2, 0.25) is 0 Å². The van der Waals surface area contributed by atoms with Gasteiger partial charge in [0, 0.05) is 6.42 Å². The van der Waals surface area contributed by atoms with Crippen molar-refractivity contribution in [1.82, 2.24) is 0 Å². The molecule has 0 bridgehead atoms. The number of halogens is 1. The number of esters is 1. The first-order valence-corrected chi connectivity index (χ1v) is 10.2. The van der Waals surface area contributed by atoms with Gasteiger partial charge in [0.1, 0.15) is 5.82 Å². The van der Waals surface area contributed by atoms with Crippen LogP contribution in [0.15, 0.2) is 42.5 Å². The van der Waals surface area contributed by atoms with Crippen molar-refractivity contribution in [2.24, 2.45) is 0 Å². The topological polar surface area (TPSA) is 26.3 Å². The Morgan fingerprint density at radius 2 is 1.61 bits per heavy atom. The second-order valence-electron chi connectivity index (χ2n) is 6.81. The molecular formula is C25H29FO2. The molecule has 0 saturated heterocycles. The van der Waals surface area contributed by atoms with Gasteiger partial charge in [-0.25, -0.2) is 9.18 Å². The van der Waals surface area contributed by atoms with Gasteiger partial charge in [-0.15, -0.1) is 0 Å². The van der Waals surface area contributed by atoms with Gasteiger partial charge in [0.25, 0.3) is 0 Å². The number of benzene rings is 2. The quantitative estimate of drug-likeness (QED) is 0.272. The van der Waals surface area contributed by atoms with Crippen molar-refractivity contribution in [2.75, 3.05) is 6.61 Å². The molecule has 0 unspecified atom stereocenters. The van der Waals surface area contributed by atoms with Gasteiger partial charge in [0.15, 0.2) is 0 Å². The fourth-order valence-corrected chi connectivity index (χ4v) is 2.96. The van der Waals surface area contributed by atoms with Crippen LogP contribution in [0.1, 0.15) is 74.7 Å². The molecule has 0 spiro atoms.